The topological polar surface area (TPSA) is 34.0 Å². The minimum absolute atomic E-state index is 0. The van der Waals surface area contributed by atoms with Crippen LogP contribution in [-0.2, 0) is 6.54 Å². The maximum atomic E-state index is 4.17. The van der Waals surface area contributed by atoms with Gasteiger partial charge < -0.3 is 0 Å². The molecule has 1 aromatic carbocycles. The van der Waals surface area contributed by atoms with Crippen molar-refractivity contribution < 1.29 is 0 Å². The van der Waals surface area contributed by atoms with Gasteiger partial charge in [-0.3, -0.25) is 4.90 Å². The number of rotatable bonds is 3. The summed E-state index contributed by atoms with van der Waals surface area (Å²) in [6, 6.07) is 8.48. The molecule has 2 aromatic rings. The molecule has 0 aliphatic carbocycles. The number of piperidine rings is 1. The zero-order chi connectivity index (χ0) is 12.2. The van der Waals surface area contributed by atoms with Crippen LogP contribution in [0.5, 0.6) is 0 Å². The van der Waals surface area contributed by atoms with Crippen molar-refractivity contribution in [3.8, 4) is 5.69 Å². The largest absolute Gasteiger partial charge is 0.299 e. The molecule has 0 radical (unpaired) electrons. The van der Waals surface area contributed by atoms with E-state index < -0.39 is 0 Å². The highest BCUT2D eigenvalue weighted by Gasteiger charge is 2.10. The van der Waals surface area contributed by atoms with Crippen molar-refractivity contribution in [1.82, 2.24) is 19.9 Å². The van der Waals surface area contributed by atoms with Crippen molar-refractivity contribution in [3.05, 3.63) is 42.2 Å². The molecule has 0 amide bonds. The van der Waals surface area contributed by atoms with Gasteiger partial charge in [0.2, 0.25) is 0 Å². The van der Waals surface area contributed by atoms with Crippen LogP contribution in [0.4, 0.5) is 0 Å². The number of nitrogens with zero attached hydrogens (tertiary/aromatic N) is 4. The summed E-state index contributed by atoms with van der Waals surface area (Å²) in [7, 11) is 0. The summed E-state index contributed by atoms with van der Waals surface area (Å²) in [4.78, 5) is 4.19. The van der Waals surface area contributed by atoms with Crippen LogP contribution in [0.15, 0.2) is 36.7 Å². The average Bonchev–Trinajstić information content (AvgIpc) is 2.94. The van der Waals surface area contributed by atoms with Gasteiger partial charge in [-0.2, -0.15) is 15.0 Å². The van der Waals surface area contributed by atoms with E-state index in [-0.39, 0.29) is 12.4 Å². The fourth-order valence-corrected chi connectivity index (χ4v) is 2.50. The number of halogens is 1. The Hall–Kier alpha value is -1.39. The van der Waals surface area contributed by atoms with Crippen LogP contribution in [0, 0.1) is 0 Å². The molecule has 4 nitrogen and oxygen atoms in total. The molecule has 3 rings (SSSR count). The van der Waals surface area contributed by atoms with Crippen LogP contribution in [0.3, 0.4) is 0 Å². The summed E-state index contributed by atoms with van der Waals surface area (Å²) in [6.07, 6.45) is 7.46. The van der Waals surface area contributed by atoms with Crippen molar-refractivity contribution in [2.75, 3.05) is 13.1 Å². The summed E-state index contributed by atoms with van der Waals surface area (Å²) in [5, 5.41) is 8.33. The molecule has 1 aliphatic rings. The standard InChI is InChI=1S/C14H18N4.ClH/c1-2-9-17(10-3-1)12-13-5-4-6-14(11-13)18-15-7-8-16-18;/h4-8,11H,1-3,9-10,12H2;1H. The van der Waals surface area contributed by atoms with Gasteiger partial charge in [-0.15, -0.1) is 12.4 Å². The van der Waals surface area contributed by atoms with Crippen LogP contribution >= 0.6 is 12.4 Å². The molecule has 1 saturated heterocycles. The molecule has 0 unspecified atom stereocenters. The lowest BCUT2D eigenvalue weighted by Crippen LogP contribution is -2.29. The van der Waals surface area contributed by atoms with Gasteiger partial charge >= 0.3 is 0 Å². The summed E-state index contributed by atoms with van der Waals surface area (Å²) in [6.45, 7) is 3.49. The SMILES string of the molecule is Cl.c1cc(CN2CCCCC2)cc(-n2nccn2)c1. The molecule has 0 saturated carbocycles. The van der Waals surface area contributed by atoms with Gasteiger partial charge in [0.15, 0.2) is 0 Å². The van der Waals surface area contributed by atoms with E-state index in [4.69, 9.17) is 0 Å². The molecule has 0 bridgehead atoms. The van der Waals surface area contributed by atoms with E-state index in [0.29, 0.717) is 0 Å². The second-order valence-corrected chi connectivity index (χ2v) is 4.83. The Labute approximate surface area is 119 Å². The predicted octanol–water partition coefficient (Wildman–Crippen LogP) is 2.68. The zero-order valence-corrected chi connectivity index (χ0v) is 11.7. The lowest BCUT2D eigenvalue weighted by atomic mass is 10.1. The van der Waals surface area contributed by atoms with E-state index in [9.17, 15) is 0 Å². The molecule has 1 aromatic heterocycles. The fourth-order valence-electron chi connectivity index (χ4n) is 2.50. The Bertz CT molecular complexity index is 492. The van der Waals surface area contributed by atoms with E-state index in [1.807, 2.05) is 6.07 Å². The first kappa shape index (κ1) is 14.0. The first-order chi connectivity index (χ1) is 8.92. The Morgan fingerprint density at radius 1 is 1.00 bits per heavy atom. The van der Waals surface area contributed by atoms with Gasteiger partial charge in [0, 0.05) is 6.54 Å². The molecule has 0 spiro atoms. The van der Waals surface area contributed by atoms with Crippen LogP contribution in [0.25, 0.3) is 5.69 Å². The molecule has 2 heterocycles. The van der Waals surface area contributed by atoms with Crippen molar-refractivity contribution in [1.29, 1.82) is 0 Å². The Kier molecular flexibility index (Phi) is 4.93. The Morgan fingerprint density at radius 3 is 2.47 bits per heavy atom. The number of aromatic nitrogens is 3. The highest BCUT2D eigenvalue weighted by molar-refractivity contribution is 5.85. The zero-order valence-electron chi connectivity index (χ0n) is 10.9. The third-order valence-corrected chi connectivity index (χ3v) is 3.42. The van der Waals surface area contributed by atoms with Crippen molar-refractivity contribution in [2.24, 2.45) is 0 Å². The molecule has 5 heteroatoms. The monoisotopic (exact) mass is 278 g/mol. The van der Waals surface area contributed by atoms with Crippen LogP contribution in [0.1, 0.15) is 24.8 Å². The van der Waals surface area contributed by atoms with E-state index >= 15 is 0 Å². The van der Waals surface area contributed by atoms with E-state index in [1.165, 1.54) is 37.9 Å². The molecule has 102 valence electrons. The Morgan fingerprint density at radius 2 is 1.74 bits per heavy atom. The number of hydrogen-bond acceptors (Lipinski definition) is 3. The van der Waals surface area contributed by atoms with Gasteiger partial charge in [0.1, 0.15) is 0 Å². The van der Waals surface area contributed by atoms with Crippen LogP contribution in [0.2, 0.25) is 0 Å². The van der Waals surface area contributed by atoms with Crippen molar-refractivity contribution in [2.45, 2.75) is 25.8 Å². The maximum absolute atomic E-state index is 4.17. The highest BCUT2D eigenvalue weighted by atomic mass is 35.5. The van der Waals surface area contributed by atoms with Crippen LogP contribution < -0.4 is 0 Å². The molecule has 0 N–H and O–H groups in total. The number of likely N-dealkylation sites (tertiary alicyclic amines) is 1. The summed E-state index contributed by atoms with van der Waals surface area (Å²) in [5.41, 5.74) is 2.38. The smallest absolute Gasteiger partial charge is 0.0859 e. The summed E-state index contributed by atoms with van der Waals surface area (Å²) >= 11 is 0. The summed E-state index contributed by atoms with van der Waals surface area (Å²) < 4.78 is 0. The van der Waals surface area contributed by atoms with Gasteiger partial charge in [-0.25, -0.2) is 0 Å². The summed E-state index contributed by atoms with van der Waals surface area (Å²) in [5.74, 6) is 0. The predicted molar refractivity (Wildman–Crippen MR) is 77.7 cm³/mol. The minimum Gasteiger partial charge on any atom is -0.299 e. The first-order valence-corrected chi connectivity index (χ1v) is 6.60. The first-order valence-electron chi connectivity index (χ1n) is 6.60. The second kappa shape index (κ2) is 6.68. The lowest BCUT2D eigenvalue weighted by Gasteiger charge is -2.26. The second-order valence-electron chi connectivity index (χ2n) is 4.83. The van der Waals surface area contributed by atoms with E-state index in [0.717, 1.165) is 12.2 Å². The minimum atomic E-state index is 0. The molecule has 1 aliphatic heterocycles. The van der Waals surface area contributed by atoms with Gasteiger partial charge in [-0.05, 0) is 43.6 Å². The fraction of sp³-hybridized carbons (Fsp3) is 0.429. The molecule has 1 fully saturated rings. The molecular formula is C14H19ClN4. The van der Waals surface area contributed by atoms with Gasteiger partial charge in [0.05, 0.1) is 18.1 Å². The molecule has 0 atom stereocenters. The average molecular weight is 279 g/mol. The van der Waals surface area contributed by atoms with E-state index in [1.54, 1.807) is 17.2 Å². The Balaban J connectivity index is 0.00000133. The number of benzene rings is 1. The highest BCUT2D eigenvalue weighted by Crippen LogP contribution is 2.15. The van der Waals surface area contributed by atoms with Crippen molar-refractivity contribution >= 4 is 12.4 Å². The van der Waals surface area contributed by atoms with Crippen molar-refractivity contribution in [3.63, 3.8) is 0 Å². The quantitative estimate of drug-likeness (QED) is 0.866. The molecule has 19 heavy (non-hydrogen) atoms. The third-order valence-electron chi connectivity index (χ3n) is 3.42. The van der Waals surface area contributed by atoms with Gasteiger partial charge in [-0.1, -0.05) is 18.6 Å². The van der Waals surface area contributed by atoms with Gasteiger partial charge in [0.25, 0.3) is 0 Å². The maximum Gasteiger partial charge on any atom is 0.0859 e. The lowest BCUT2D eigenvalue weighted by molar-refractivity contribution is 0.221. The van der Waals surface area contributed by atoms with Crippen LogP contribution in [-0.4, -0.2) is 33.0 Å². The normalized spacial score (nSPS) is 16.0. The number of hydrogen-bond donors (Lipinski definition) is 0. The third kappa shape index (κ3) is 3.55. The van der Waals surface area contributed by atoms with E-state index in [2.05, 4.69) is 33.3 Å². The molecular weight excluding hydrogens is 260 g/mol.